The van der Waals surface area contributed by atoms with E-state index in [4.69, 9.17) is 4.74 Å². The van der Waals surface area contributed by atoms with Crippen LogP contribution in [0.4, 0.5) is 0 Å². The summed E-state index contributed by atoms with van der Waals surface area (Å²) in [6, 6.07) is 20.0. The van der Waals surface area contributed by atoms with Crippen molar-refractivity contribution in [3.63, 3.8) is 0 Å². The fourth-order valence-electron chi connectivity index (χ4n) is 2.52. The molecule has 0 fully saturated rings. The van der Waals surface area contributed by atoms with Crippen LogP contribution in [-0.2, 0) is 7.05 Å². The van der Waals surface area contributed by atoms with Crippen LogP contribution in [0, 0.1) is 0 Å². The molecule has 1 atom stereocenters. The molecule has 0 saturated heterocycles. The van der Waals surface area contributed by atoms with Crippen molar-refractivity contribution < 1.29 is 14.6 Å². The van der Waals surface area contributed by atoms with Crippen molar-refractivity contribution in [1.82, 2.24) is 9.88 Å². The second kappa shape index (κ2) is 7.68. The van der Waals surface area contributed by atoms with E-state index in [0.717, 1.165) is 11.4 Å². The van der Waals surface area contributed by atoms with Gasteiger partial charge in [0.05, 0.1) is 0 Å². The maximum absolute atomic E-state index is 12.2. The molecule has 0 aliphatic carbocycles. The van der Waals surface area contributed by atoms with Crippen LogP contribution >= 0.6 is 0 Å². The normalized spacial score (nSPS) is 11.8. The second-order valence-corrected chi connectivity index (χ2v) is 5.71. The lowest BCUT2D eigenvalue weighted by Crippen LogP contribution is -2.29. The summed E-state index contributed by atoms with van der Waals surface area (Å²) in [6.07, 6.45) is 1.11. The van der Waals surface area contributed by atoms with Crippen LogP contribution < -0.4 is 10.1 Å². The van der Waals surface area contributed by atoms with E-state index >= 15 is 0 Å². The summed E-state index contributed by atoms with van der Waals surface area (Å²) < 4.78 is 7.52. The average Bonchev–Trinajstić information content (AvgIpc) is 3.07. The number of hydrogen-bond acceptors (Lipinski definition) is 3. The maximum atomic E-state index is 12.2. The first kappa shape index (κ1) is 16.8. The molecule has 3 rings (SSSR count). The molecule has 0 aliphatic rings. The Morgan fingerprint density at radius 3 is 2.36 bits per heavy atom. The fraction of sp³-hybridized carbons (Fsp3) is 0.150. The number of aromatic nitrogens is 1. The van der Waals surface area contributed by atoms with Gasteiger partial charge in [-0.3, -0.25) is 4.79 Å². The number of carbonyl (C=O) groups excluding carboxylic acids is 1. The van der Waals surface area contributed by atoms with E-state index in [1.54, 1.807) is 24.3 Å². The number of para-hydroxylation sites is 1. The number of nitrogens with zero attached hydrogens (tertiary/aromatic N) is 1. The van der Waals surface area contributed by atoms with Crippen molar-refractivity contribution in [2.75, 3.05) is 6.54 Å². The maximum Gasteiger partial charge on any atom is 0.251 e. The summed E-state index contributed by atoms with van der Waals surface area (Å²) in [6.45, 7) is 0.152. The van der Waals surface area contributed by atoms with Gasteiger partial charge in [0.2, 0.25) is 0 Å². The first-order valence-corrected chi connectivity index (χ1v) is 8.04. The van der Waals surface area contributed by atoms with Crippen LogP contribution in [0.5, 0.6) is 11.5 Å². The topological polar surface area (TPSA) is 63.5 Å². The highest BCUT2D eigenvalue weighted by Gasteiger charge is 2.13. The van der Waals surface area contributed by atoms with Crippen molar-refractivity contribution >= 4 is 5.91 Å². The predicted octanol–water partition coefficient (Wildman–Crippen LogP) is 3.28. The fourth-order valence-corrected chi connectivity index (χ4v) is 2.52. The van der Waals surface area contributed by atoms with Crippen LogP contribution in [0.1, 0.15) is 22.2 Å². The third kappa shape index (κ3) is 4.28. The first-order valence-electron chi connectivity index (χ1n) is 8.04. The molecule has 0 spiro atoms. The first-order chi connectivity index (χ1) is 12.1. The molecule has 1 unspecified atom stereocenters. The molecular weight excluding hydrogens is 316 g/mol. The van der Waals surface area contributed by atoms with Crippen LogP contribution in [0.25, 0.3) is 0 Å². The molecule has 1 aromatic heterocycles. The van der Waals surface area contributed by atoms with Gasteiger partial charge < -0.3 is 19.7 Å². The zero-order valence-corrected chi connectivity index (χ0v) is 13.9. The molecule has 128 valence electrons. The van der Waals surface area contributed by atoms with Gasteiger partial charge in [-0.1, -0.05) is 18.2 Å². The minimum atomic E-state index is -0.746. The van der Waals surface area contributed by atoms with Crippen LogP contribution in [-0.4, -0.2) is 22.1 Å². The second-order valence-electron chi connectivity index (χ2n) is 5.71. The highest BCUT2D eigenvalue weighted by Crippen LogP contribution is 2.21. The number of aliphatic hydroxyl groups excluding tert-OH is 1. The Morgan fingerprint density at radius 1 is 1.04 bits per heavy atom. The SMILES string of the molecule is Cn1cccc1C(O)CNC(=O)c1ccc(Oc2ccccc2)cc1. The Balaban J connectivity index is 1.56. The molecule has 0 aliphatic heterocycles. The molecule has 0 radical (unpaired) electrons. The van der Waals surface area contributed by atoms with E-state index in [1.165, 1.54) is 0 Å². The number of ether oxygens (including phenoxy) is 1. The molecule has 1 heterocycles. The van der Waals surface area contributed by atoms with Gasteiger partial charge in [-0.2, -0.15) is 0 Å². The lowest BCUT2D eigenvalue weighted by atomic mass is 10.2. The number of hydrogen-bond donors (Lipinski definition) is 2. The Labute approximate surface area is 146 Å². The van der Waals surface area contributed by atoms with Crippen LogP contribution in [0.2, 0.25) is 0 Å². The van der Waals surface area contributed by atoms with Crippen molar-refractivity contribution in [1.29, 1.82) is 0 Å². The number of rotatable bonds is 6. The van der Waals surface area contributed by atoms with Gasteiger partial charge >= 0.3 is 0 Å². The number of aryl methyl sites for hydroxylation is 1. The van der Waals surface area contributed by atoms with Gasteiger partial charge in [0, 0.05) is 31.0 Å². The number of amides is 1. The van der Waals surface area contributed by atoms with Gasteiger partial charge in [0.25, 0.3) is 5.91 Å². The van der Waals surface area contributed by atoms with Crippen molar-refractivity contribution in [3.05, 3.63) is 84.2 Å². The highest BCUT2D eigenvalue weighted by molar-refractivity contribution is 5.94. The predicted molar refractivity (Wildman–Crippen MR) is 95.7 cm³/mol. The zero-order valence-electron chi connectivity index (χ0n) is 13.9. The number of benzene rings is 2. The standard InChI is InChI=1S/C20H20N2O3/c1-22-13-5-8-18(22)19(23)14-21-20(24)15-9-11-17(12-10-15)25-16-6-3-2-4-7-16/h2-13,19,23H,14H2,1H3,(H,21,24). The highest BCUT2D eigenvalue weighted by atomic mass is 16.5. The van der Waals surface area contributed by atoms with Crippen molar-refractivity contribution in [2.45, 2.75) is 6.10 Å². The summed E-state index contributed by atoms with van der Waals surface area (Å²) in [5.41, 5.74) is 1.27. The van der Waals surface area contributed by atoms with Gasteiger partial charge in [-0.25, -0.2) is 0 Å². The van der Waals surface area contributed by atoms with E-state index < -0.39 is 6.10 Å². The molecule has 1 amide bonds. The molecule has 0 saturated carbocycles. The van der Waals surface area contributed by atoms with E-state index in [1.807, 2.05) is 60.3 Å². The lowest BCUT2D eigenvalue weighted by Gasteiger charge is -2.13. The third-order valence-electron chi connectivity index (χ3n) is 3.88. The van der Waals surface area contributed by atoms with Crippen LogP contribution in [0.15, 0.2) is 72.9 Å². The monoisotopic (exact) mass is 336 g/mol. The summed E-state index contributed by atoms with van der Waals surface area (Å²) in [7, 11) is 1.85. The van der Waals surface area contributed by atoms with Gasteiger partial charge in [-0.05, 0) is 48.5 Å². The minimum Gasteiger partial charge on any atom is -0.457 e. The number of nitrogens with one attached hydrogen (secondary N) is 1. The van der Waals surface area contributed by atoms with E-state index in [9.17, 15) is 9.90 Å². The van der Waals surface area contributed by atoms with Crippen molar-refractivity contribution in [3.8, 4) is 11.5 Å². The Kier molecular flexibility index (Phi) is 5.16. The minimum absolute atomic E-state index is 0.152. The molecule has 5 heteroatoms. The smallest absolute Gasteiger partial charge is 0.251 e. The Morgan fingerprint density at radius 2 is 1.72 bits per heavy atom. The average molecular weight is 336 g/mol. The van der Waals surface area contributed by atoms with Crippen molar-refractivity contribution in [2.24, 2.45) is 7.05 Å². The van der Waals surface area contributed by atoms with E-state index in [2.05, 4.69) is 5.32 Å². The lowest BCUT2D eigenvalue weighted by molar-refractivity contribution is 0.0912. The van der Waals surface area contributed by atoms with Gasteiger partial charge in [-0.15, -0.1) is 0 Å². The molecule has 2 N–H and O–H groups in total. The van der Waals surface area contributed by atoms with E-state index in [0.29, 0.717) is 11.3 Å². The molecule has 2 aromatic carbocycles. The quantitative estimate of drug-likeness (QED) is 0.726. The molecule has 5 nitrogen and oxygen atoms in total. The molecular formula is C20H20N2O3. The van der Waals surface area contributed by atoms with Gasteiger partial charge in [0.1, 0.15) is 17.6 Å². The Bertz CT molecular complexity index is 826. The summed E-state index contributed by atoms with van der Waals surface area (Å²) in [5.74, 6) is 1.16. The molecule has 0 bridgehead atoms. The molecule has 3 aromatic rings. The zero-order chi connectivity index (χ0) is 17.6. The van der Waals surface area contributed by atoms with Crippen LogP contribution in [0.3, 0.4) is 0 Å². The largest absolute Gasteiger partial charge is 0.457 e. The van der Waals surface area contributed by atoms with Gasteiger partial charge in [0.15, 0.2) is 0 Å². The number of aliphatic hydroxyl groups is 1. The summed E-state index contributed by atoms with van der Waals surface area (Å²) in [4.78, 5) is 12.2. The Hall–Kier alpha value is -3.05. The third-order valence-corrected chi connectivity index (χ3v) is 3.88. The number of carbonyl (C=O) groups is 1. The summed E-state index contributed by atoms with van der Waals surface area (Å²) in [5, 5.41) is 12.9. The van der Waals surface area contributed by atoms with E-state index in [-0.39, 0.29) is 12.5 Å². The molecule has 25 heavy (non-hydrogen) atoms. The summed E-state index contributed by atoms with van der Waals surface area (Å²) >= 11 is 0.